The number of nitrogens with zero attached hydrogens (tertiary/aromatic N) is 7. The number of hydrogen-bond acceptors (Lipinski definition) is 6. The van der Waals surface area contributed by atoms with Crippen LogP contribution in [0.15, 0.2) is 90.6 Å². The zero-order chi connectivity index (χ0) is 21.9. The second kappa shape index (κ2) is 8.35. The van der Waals surface area contributed by atoms with Gasteiger partial charge < -0.3 is 0 Å². The summed E-state index contributed by atoms with van der Waals surface area (Å²) in [6.45, 7) is 0. The van der Waals surface area contributed by atoms with Crippen molar-refractivity contribution in [3.8, 4) is 28.2 Å². The lowest BCUT2D eigenvalue weighted by molar-refractivity contribution is 0.762. The Morgan fingerprint density at radius 2 is 1.75 bits per heavy atom. The summed E-state index contributed by atoms with van der Waals surface area (Å²) in [6, 6.07) is 13.2. The largest absolute Gasteiger partial charge is 0.288 e. The topological polar surface area (TPSA) is 91.4 Å². The highest BCUT2D eigenvalue weighted by Crippen LogP contribution is 2.21. The standard InChI is InChI=1S/C24H19N7O/c1-30-16-21(15-28-30)31-9-7-23(32)22(29-31)11-17-4-2-5-18(10-17)24-26-13-20(14-27-24)19-6-3-8-25-12-19/h2-10,12-16H,11H2,1H3. The van der Waals surface area contributed by atoms with Crippen molar-refractivity contribution in [3.05, 3.63) is 107 Å². The molecule has 0 aliphatic rings. The van der Waals surface area contributed by atoms with E-state index < -0.39 is 0 Å². The zero-order valence-corrected chi connectivity index (χ0v) is 17.3. The molecule has 0 saturated heterocycles. The smallest absolute Gasteiger partial charge is 0.203 e. The number of hydrogen-bond donors (Lipinski definition) is 0. The lowest BCUT2D eigenvalue weighted by Crippen LogP contribution is -2.16. The molecule has 0 radical (unpaired) electrons. The third kappa shape index (κ3) is 4.06. The van der Waals surface area contributed by atoms with Crippen LogP contribution in [0.3, 0.4) is 0 Å². The Kier molecular flexibility index (Phi) is 5.09. The van der Waals surface area contributed by atoms with E-state index in [1.807, 2.05) is 49.6 Å². The molecule has 4 aromatic heterocycles. The van der Waals surface area contributed by atoms with E-state index in [9.17, 15) is 4.79 Å². The first kappa shape index (κ1) is 19.5. The number of pyridine rings is 1. The van der Waals surface area contributed by atoms with E-state index in [4.69, 9.17) is 0 Å². The van der Waals surface area contributed by atoms with Crippen LogP contribution in [0.2, 0.25) is 0 Å². The molecule has 0 bridgehead atoms. The van der Waals surface area contributed by atoms with Gasteiger partial charge in [-0.05, 0) is 17.7 Å². The fourth-order valence-electron chi connectivity index (χ4n) is 3.41. The predicted octanol–water partition coefficient (Wildman–Crippen LogP) is 3.08. The molecule has 0 saturated carbocycles. The van der Waals surface area contributed by atoms with Crippen LogP contribution < -0.4 is 5.43 Å². The molecule has 0 atom stereocenters. The van der Waals surface area contributed by atoms with Gasteiger partial charge in [-0.15, -0.1) is 0 Å². The summed E-state index contributed by atoms with van der Waals surface area (Å²) in [7, 11) is 1.84. The average molecular weight is 421 g/mol. The van der Waals surface area contributed by atoms with Crippen molar-refractivity contribution in [2.24, 2.45) is 7.05 Å². The number of aryl methyl sites for hydroxylation is 1. The Bertz CT molecular complexity index is 1420. The summed E-state index contributed by atoms with van der Waals surface area (Å²) in [5.41, 5.74) is 4.86. The van der Waals surface area contributed by atoms with Gasteiger partial charge >= 0.3 is 0 Å². The Hall–Kier alpha value is -4.46. The summed E-state index contributed by atoms with van der Waals surface area (Å²) in [6.07, 6.45) is 12.7. The van der Waals surface area contributed by atoms with Crippen LogP contribution in [0.25, 0.3) is 28.2 Å². The zero-order valence-electron chi connectivity index (χ0n) is 17.3. The quantitative estimate of drug-likeness (QED) is 0.433. The normalized spacial score (nSPS) is 10.9. The summed E-state index contributed by atoms with van der Waals surface area (Å²) >= 11 is 0. The van der Waals surface area contributed by atoms with Crippen molar-refractivity contribution < 1.29 is 0 Å². The second-order valence-corrected chi connectivity index (χ2v) is 7.36. The van der Waals surface area contributed by atoms with Crippen LogP contribution in [0.4, 0.5) is 0 Å². The van der Waals surface area contributed by atoms with Gasteiger partial charge in [0, 0.05) is 67.2 Å². The van der Waals surface area contributed by atoms with Crippen LogP contribution in [0.1, 0.15) is 11.3 Å². The first-order valence-corrected chi connectivity index (χ1v) is 10.1. The summed E-state index contributed by atoms with van der Waals surface area (Å²) < 4.78 is 3.35. The number of benzene rings is 1. The van der Waals surface area contributed by atoms with Crippen LogP contribution >= 0.6 is 0 Å². The van der Waals surface area contributed by atoms with Gasteiger partial charge in [0.05, 0.1) is 12.4 Å². The Labute approximate surface area is 183 Å². The maximum atomic E-state index is 12.4. The molecule has 1 aromatic carbocycles. The fourth-order valence-corrected chi connectivity index (χ4v) is 3.41. The molecule has 32 heavy (non-hydrogen) atoms. The van der Waals surface area contributed by atoms with E-state index in [1.165, 1.54) is 6.07 Å². The Morgan fingerprint density at radius 3 is 2.50 bits per heavy atom. The van der Waals surface area contributed by atoms with Gasteiger partial charge in [-0.25, -0.2) is 14.6 Å². The van der Waals surface area contributed by atoms with Crippen LogP contribution in [-0.4, -0.2) is 34.5 Å². The molecule has 0 aliphatic heterocycles. The molecule has 5 rings (SSSR count). The van der Waals surface area contributed by atoms with Gasteiger partial charge in [-0.1, -0.05) is 24.3 Å². The van der Waals surface area contributed by atoms with Crippen molar-refractivity contribution in [2.45, 2.75) is 6.42 Å². The molecule has 8 heteroatoms. The number of rotatable bonds is 5. The van der Waals surface area contributed by atoms with E-state index in [2.05, 4.69) is 25.1 Å². The van der Waals surface area contributed by atoms with Gasteiger partial charge in [0.1, 0.15) is 11.4 Å². The number of aromatic nitrogens is 7. The molecule has 8 nitrogen and oxygen atoms in total. The van der Waals surface area contributed by atoms with E-state index >= 15 is 0 Å². The van der Waals surface area contributed by atoms with Gasteiger partial charge in [0.25, 0.3) is 0 Å². The van der Waals surface area contributed by atoms with Crippen molar-refractivity contribution in [1.82, 2.24) is 34.5 Å². The highest BCUT2D eigenvalue weighted by molar-refractivity contribution is 5.63. The van der Waals surface area contributed by atoms with Crippen LogP contribution in [0.5, 0.6) is 0 Å². The Balaban J connectivity index is 1.41. The summed E-state index contributed by atoms with van der Waals surface area (Å²) in [5, 5.41) is 8.67. The van der Waals surface area contributed by atoms with E-state index in [-0.39, 0.29) is 5.43 Å². The third-order valence-electron chi connectivity index (χ3n) is 5.04. The summed E-state index contributed by atoms with van der Waals surface area (Å²) in [4.78, 5) is 25.6. The van der Waals surface area contributed by atoms with Crippen LogP contribution in [0, 0.1) is 0 Å². The molecule has 0 N–H and O–H groups in total. The molecule has 0 unspecified atom stereocenters. The first-order chi connectivity index (χ1) is 15.7. The molecule has 0 amide bonds. The average Bonchev–Trinajstić information content (AvgIpc) is 3.28. The molecule has 4 heterocycles. The highest BCUT2D eigenvalue weighted by Gasteiger charge is 2.09. The van der Waals surface area contributed by atoms with Gasteiger partial charge in [-0.3, -0.25) is 14.5 Å². The van der Waals surface area contributed by atoms with E-state index in [0.29, 0.717) is 17.9 Å². The SMILES string of the molecule is Cn1cc(-n2ccc(=O)c(Cc3cccc(-c4ncc(-c5cccnc5)cn4)c3)n2)cn1. The third-order valence-corrected chi connectivity index (χ3v) is 5.04. The molecule has 0 aliphatic carbocycles. The minimum absolute atomic E-state index is 0.104. The lowest BCUT2D eigenvalue weighted by Gasteiger charge is -2.07. The van der Waals surface area contributed by atoms with Crippen molar-refractivity contribution in [1.29, 1.82) is 0 Å². The Morgan fingerprint density at radius 1 is 0.906 bits per heavy atom. The molecule has 0 fully saturated rings. The van der Waals surface area contributed by atoms with Crippen molar-refractivity contribution in [2.75, 3.05) is 0 Å². The van der Waals surface area contributed by atoms with Crippen molar-refractivity contribution in [3.63, 3.8) is 0 Å². The van der Waals surface area contributed by atoms with E-state index in [0.717, 1.165) is 27.9 Å². The minimum atomic E-state index is -0.104. The molecule has 0 spiro atoms. The van der Waals surface area contributed by atoms with Gasteiger partial charge in [-0.2, -0.15) is 10.2 Å². The molecule has 5 aromatic rings. The van der Waals surface area contributed by atoms with Crippen molar-refractivity contribution >= 4 is 0 Å². The first-order valence-electron chi connectivity index (χ1n) is 10.1. The fraction of sp³-hybridized carbons (Fsp3) is 0.0833. The minimum Gasteiger partial charge on any atom is -0.288 e. The predicted molar refractivity (Wildman–Crippen MR) is 120 cm³/mol. The molecular weight excluding hydrogens is 402 g/mol. The van der Waals surface area contributed by atoms with E-state index in [1.54, 1.807) is 46.5 Å². The monoisotopic (exact) mass is 421 g/mol. The molecule has 156 valence electrons. The highest BCUT2D eigenvalue weighted by atomic mass is 16.1. The molecular formula is C24H19N7O. The summed E-state index contributed by atoms with van der Waals surface area (Å²) in [5.74, 6) is 0.619. The maximum absolute atomic E-state index is 12.4. The lowest BCUT2D eigenvalue weighted by atomic mass is 10.1. The van der Waals surface area contributed by atoms with Crippen LogP contribution in [-0.2, 0) is 13.5 Å². The maximum Gasteiger partial charge on any atom is 0.203 e. The van der Waals surface area contributed by atoms with Gasteiger partial charge in [0.15, 0.2) is 5.82 Å². The van der Waals surface area contributed by atoms with Gasteiger partial charge in [0.2, 0.25) is 5.43 Å². The second-order valence-electron chi connectivity index (χ2n) is 7.36.